The molecule has 48 valence electrons. The molecule has 0 unspecified atom stereocenters. The lowest BCUT2D eigenvalue weighted by Crippen LogP contribution is -1.94. The Bertz CT molecular complexity index is 206. The normalized spacial score (nSPS) is 9.56. The van der Waals surface area contributed by atoms with Gasteiger partial charge in [0.25, 0.3) is 0 Å². The van der Waals surface area contributed by atoms with E-state index >= 15 is 0 Å². The first-order chi connectivity index (χ1) is 4.22. The molecule has 0 saturated carbocycles. The highest BCUT2D eigenvalue weighted by Gasteiger charge is 2.00. The fraction of sp³-hybridized carbons (Fsp3) is 0. The third-order valence-electron chi connectivity index (χ3n) is 0.869. The predicted octanol–water partition coefficient (Wildman–Crippen LogP) is 1.41. The molecule has 4 heteroatoms. The highest BCUT2D eigenvalue weighted by molar-refractivity contribution is 14.1. The van der Waals surface area contributed by atoms with Crippen LogP contribution in [0.2, 0.25) is 0 Å². The summed E-state index contributed by atoms with van der Waals surface area (Å²) < 4.78 is 12.8. The van der Waals surface area contributed by atoms with Crippen molar-refractivity contribution >= 4 is 28.4 Å². The minimum Gasteiger partial charge on any atom is -0.383 e. The van der Waals surface area contributed by atoms with E-state index in [1.165, 1.54) is 12.3 Å². The van der Waals surface area contributed by atoms with Crippen molar-refractivity contribution in [2.24, 2.45) is 0 Å². The summed E-state index contributed by atoms with van der Waals surface area (Å²) in [5.74, 6) is -0.0706. The van der Waals surface area contributed by atoms with E-state index in [2.05, 4.69) is 4.98 Å². The second-order valence-corrected chi connectivity index (χ2v) is 2.57. The van der Waals surface area contributed by atoms with Crippen LogP contribution in [0.3, 0.4) is 0 Å². The van der Waals surface area contributed by atoms with Crippen LogP contribution in [0.1, 0.15) is 0 Å². The number of nitrogen functional groups attached to an aromatic ring is 1. The van der Waals surface area contributed by atoms with Gasteiger partial charge in [0.15, 0.2) is 0 Å². The molecule has 1 aromatic rings. The first kappa shape index (κ1) is 6.73. The molecular weight excluding hydrogens is 234 g/mol. The first-order valence-electron chi connectivity index (χ1n) is 2.27. The Labute approximate surface area is 65.4 Å². The zero-order valence-corrected chi connectivity index (χ0v) is 6.59. The van der Waals surface area contributed by atoms with Crippen molar-refractivity contribution in [3.05, 3.63) is 21.7 Å². The van der Waals surface area contributed by atoms with Crippen LogP contribution in [0.4, 0.5) is 10.2 Å². The molecule has 1 heterocycles. The zero-order chi connectivity index (χ0) is 6.85. The van der Waals surface area contributed by atoms with Gasteiger partial charge in [-0.15, -0.1) is 0 Å². The summed E-state index contributed by atoms with van der Waals surface area (Å²) in [5, 5.41) is 0. The van der Waals surface area contributed by atoms with Gasteiger partial charge in [0, 0.05) is 6.20 Å². The minimum absolute atomic E-state index is 0.246. The number of nitrogens with two attached hydrogens (primary N) is 1. The van der Waals surface area contributed by atoms with Crippen molar-refractivity contribution in [1.29, 1.82) is 0 Å². The molecular formula is C5H4FIN2. The van der Waals surface area contributed by atoms with Gasteiger partial charge in [-0.1, -0.05) is 0 Å². The molecule has 0 saturated heterocycles. The number of hydrogen-bond acceptors (Lipinski definition) is 2. The van der Waals surface area contributed by atoms with E-state index in [0.717, 1.165) is 0 Å². The quantitative estimate of drug-likeness (QED) is 0.694. The van der Waals surface area contributed by atoms with Gasteiger partial charge in [0.2, 0.25) is 0 Å². The molecule has 0 aromatic carbocycles. The van der Waals surface area contributed by atoms with E-state index < -0.39 is 0 Å². The van der Waals surface area contributed by atoms with Crippen LogP contribution >= 0.6 is 22.6 Å². The zero-order valence-electron chi connectivity index (χ0n) is 4.44. The molecule has 0 fully saturated rings. The number of rotatable bonds is 0. The van der Waals surface area contributed by atoms with Crippen molar-refractivity contribution in [3.8, 4) is 0 Å². The van der Waals surface area contributed by atoms with Crippen LogP contribution in [0.5, 0.6) is 0 Å². The summed E-state index contributed by atoms with van der Waals surface area (Å²) in [4.78, 5) is 3.67. The Kier molecular flexibility index (Phi) is 1.84. The van der Waals surface area contributed by atoms with E-state index in [-0.39, 0.29) is 11.6 Å². The van der Waals surface area contributed by atoms with Crippen molar-refractivity contribution < 1.29 is 4.39 Å². The average molecular weight is 238 g/mol. The molecule has 0 aliphatic rings. The summed E-state index contributed by atoms with van der Waals surface area (Å²) in [7, 11) is 0. The van der Waals surface area contributed by atoms with Crippen LogP contribution in [-0.2, 0) is 0 Å². The van der Waals surface area contributed by atoms with Crippen molar-refractivity contribution in [3.63, 3.8) is 0 Å². The van der Waals surface area contributed by atoms with Gasteiger partial charge in [-0.25, -0.2) is 9.37 Å². The second kappa shape index (κ2) is 2.47. The molecule has 0 spiro atoms. The number of hydrogen-bond donors (Lipinski definition) is 1. The Morgan fingerprint density at radius 2 is 2.33 bits per heavy atom. The molecule has 0 aliphatic carbocycles. The van der Waals surface area contributed by atoms with Gasteiger partial charge in [0.1, 0.15) is 11.6 Å². The van der Waals surface area contributed by atoms with Crippen molar-refractivity contribution in [2.45, 2.75) is 0 Å². The Hall–Kier alpha value is -0.390. The van der Waals surface area contributed by atoms with Crippen LogP contribution in [0, 0.1) is 9.39 Å². The maximum absolute atomic E-state index is 12.5. The molecule has 2 N–H and O–H groups in total. The molecule has 0 radical (unpaired) electrons. The van der Waals surface area contributed by atoms with Crippen LogP contribution in [-0.4, -0.2) is 4.98 Å². The highest BCUT2D eigenvalue weighted by Crippen LogP contribution is 2.13. The Morgan fingerprint density at radius 1 is 1.67 bits per heavy atom. The minimum atomic E-state index is -0.317. The summed E-state index contributed by atoms with van der Waals surface area (Å²) in [5.41, 5.74) is 5.26. The highest BCUT2D eigenvalue weighted by atomic mass is 127. The number of pyridine rings is 1. The molecule has 0 aliphatic heterocycles. The van der Waals surface area contributed by atoms with Gasteiger partial charge in [-0.05, 0) is 28.7 Å². The lowest BCUT2D eigenvalue weighted by atomic mass is 10.4. The smallest absolute Gasteiger partial charge is 0.141 e. The van der Waals surface area contributed by atoms with E-state index in [0.29, 0.717) is 3.57 Å². The summed E-state index contributed by atoms with van der Waals surface area (Å²) in [6, 6.07) is 1.28. The van der Waals surface area contributed by atoms with Gasteiger partial charge < -0.3 is 5.73 Å². The van der Waals surface area contributed by atoms with E-state index in [1.54, 1.807) is 22.6 Å². The SMILES string of the molecule is Nc1nccc(F)c1I. The number of aromatic nitrogens is 1. The van der Waals surface area contributed by atoms with Gasteiger partial charge >= 0.3 is 0 Å². The van der Waals surface area contributed by atoms with Gasteiger partial charge in [0.05, 0.1) is 3.57 Å². The third kappa shape index (κ3) is 1.29. The lowest BCUT2D eigenvalue weighted by molar-refractivity contribution is 0.619. The Morgan fingerprint density at radius 3 is 2.78 bits per heavy atom. The lowest BCUT2D eigenvalue weighted by Gasteiger charge is -1.94. The molecule has 0 amide bonds. The topological polar surface area (TPSA) is 38.9 Å². The Balaban J connectivity index is 3.25. The largest absolute Gasteiger partial charge is 0.383 e. The van der Waals surface area contributed by atoms with Crippen LogP contribution in [0.15, 0.2) is 12.3 Å². The van der Waals surface area contributed by atoms with E-state index in [1.807, 2.05) is 0 Å². The monoisotopic (exact) mass is 238 g/mol. The fourth-order valence-electron chi connectivity index (χ4n) is 0.435. The van der Waals surface area contributed by atoms with Crippen LogP contribution in [0.25, 0.3) is 0 Å². The maximum Gasteiger partial charge on any atom is 0.141 e. The van der Waals surface area contributed by atoms with E-state index in [9.17, 15) is 4.39 Å². The maximum atomic E-state index is 12.5. The summed E-state index contributed by atoms with van der Waals surface area (Å²) >= 11 is 1.81. The van der Waals surface area contributed by atoms with Gasteiger partial charge in [-0.3, -0.25) is 0 Å². The molecule has 1 rings (SSSR count). The second-order valence-electron chi connectivity index (χ2n) is 1.49. The van der Waals surface area contributed by atoms with Crippen molar-refractivity contribution in [2.75, 3.05) is 5.73 Å². The molecule has 0 bridgehead atoms. The molecule has 9 heavy (non-hydrogen) atoms. The molecule has 2 nitrogen and oxygen atoms in total. The number of anilines is 1. The van der Waals surface area contributed by atoms with Crippen molar-refractivity contribution in [1.82, 2.24) is 4.98 Å². The number of halogens is 2. The molecule has 0 atom stereocenters. The average Bonchev–Trinajstić information content (AvgIpc) is 1.83. The first-order valence-corrected chi connectivity index (χ1v) is 3.35. The summed E-state index contributed by atoms with van der Waals surface area (Å²) in [6.07, 6.45) is 1.34. The standard InChI is InChI=1S/C5H4FIN2/c6-3-1-2-9-5(8)4(3)7/h1-2H,(H2,8,9). The summed E-state index contributed by atoms with van der Waals surface area (Å²) in [6.45, 7) is 0. The fourth-order valence-corrected chi connectivity index (χ4v) is 0.754. The van der Waals surface area contributed by atoms with E-state index in [4.69, 9.17) is 5.73 Å². The number of nitrogens with zero attached hydrogens (tertiary/aromatic N) is 1. The molecule has 1 aromatic heterocycles. The van der Waals surface area contributed by atoms with Gasteiger partial charge in [-0.2, -0.15) is 0 Å². The third-order valence-corrected chi connectivity index (χ3v) is 1.94. The predicted molar refractivity (Wildman–Crippen MR) is 41.3 cm³/mol. The van der Waals surface area contributed by atoms with Crippen LogP contribution < -0.4 is 5.73 Å².